The van der Waals surface area contributed by atoms with Crippen LogP contribution >= 0.6 is 0 Å². The second kappa shape index (κ2) is 6.08. The van der Waals surface area contributed by atoms with E-state index < -0.39 is 0 Å². The predicted molar refractivity (Wildman–Crippen MR) is 91.4 cm³/mol. The van der Waals surface area contributed by atoms with Crippen molar-refractivity contribution in [3.05, 3.63) is 66.6 Å². The Morgan fingerprint density at radius 1 is 1.08 bits per heavy atom. The van der Waals surface area contributed by atoms with Crippen LogP contribution in [0.4, 0.5) is 5.95 Å². The lowest BCUT2D eigenvalue weighted by atomic mass is 10.2. The molecule has 3 aromatic heterocycles. The summed E-state index contributed by atoms with van der Waals surface area (Å²) in [5, 5.41) is 9.22. The van der Waals surface area contributed by atoms with Gasteiger partial charge in [-0.1, -0.05) is 24.3 Å². The highest BCUT2D eigenvalue weighted by Crippen LogP contribution is 2.26. The van der Waals surface area contributed by atoms with Crippen LogP contribution in [0.3, 0.4) is 0 Å². The summed E-state index contributed by atoms with van der Waals surface area (Å²) in [6.45, 7) is 0.652. The van der Waals surface area contributed by atoms with Gasteiger partial charge in [-0.25, -0.2) is 4.98 Å². The minimum Gasteiger partial charge on any atom is -0.454 e. The third-order valence-electron chi connectivity index (χ3n) is 3.71. The van der Waals surface area contributed by atoms with Crippen LogP contribution in [0.15, 0.2) is 65.5 Å². The molecule has 0 fully saturated rings. The van der Waals surface area contributed by atoms with Gasteiger partial charge in [0.2, 0.25) is 5.95 Å². The number of anilines is 1. The van der Waals surface area contributed by atoms with Gasteiger partial charge in [0.15, 0.2) is 5.76 Å². The third-order valence-corrected chi connectivity index (χ3v) is 3.71. The molecule has 0 N–H and O–H groups in total. The van der Waals surface area contributed by atoms with Crippen molar-refractivity contribution in [2.75, 3.05) is 11.9 Å². The standard InChI is InChI=1S/C18H15N5O/c1-23(12-13-5-4-8-19-10-13)18-21-15(11-20-22-18)17-9-14-6-2-3-7-16(14)24-17/h2-11H,12H2,1H3. The molecule has 1 aromatic carbocycles. The molecule has 0 radical (unpaired) electrons. The maximum atomic E-state index is 5.85. The second-order valence-corrected chi connectivity index (χ2v) is 5.51. The molecule has 0 aliphatic rings. The van der Waals surface area contributed by atoms with E-state index in [9.17, 15) is 0 Å². The van der Waals surface area contributed by atoms with E-state index in [0.717, 1.165) is 16.5 Å². The number of benzene rings is 1. The molecule has 0 atom stereocenters. The van der Waals surface area contributed by atoms with Gasteiger partial charge in [0.05, 0.1) is 6.20 Å². The first-order valence-corrected chi connectivity index (χ1v) is 7.58. The van der Waals surface area contributed by atoms with Crippen LogP contribution in [0.1, 0.15) is 5.56 Å². The Labute approximate surface area is 138 Å². The molecule has 0 unspecified atom stereocenters. The number of para-hydroxylation sites is 1. The summed E-state index contributed by atoms with van der Waals surface area (Å²) in [6.07, 6.45) is 5.19. The van der Waals surface area contributed by atoms with Gasteiger partial charge in [-0.3, -0.25) is 4.98 Å². The Balaban J connectivity index is 1.63. The summed E-state index contributed by atoms with van der Waals surface area (Å²) < 4.78 is 5.85. The molecule has 24 heavy (non-hydrogen) atoms. The van der Waals surface area contributed by atoms with Crippen LogP contribution < -0.4 is 4.90 Å². The van der Waals surface area contributed by atoms with Crippen LogP contribution in [0, 0.1) is 0 Å². The average Bonchev–Trinajstić information content (AvgIpc) is 3.07. The van der Waals surface area contributed by atoms with E-state index >= 15 is 0 Å². The normalized spacial score (nSPS) is 10.9. The van der Waals surface area contributed by atoms with Crippen LogP contribution in [0.5, 0.6) is 0 Å². The Morgan fingerprint density at radius 2 is 2.00 bits per heavy atom. The van der Waals surface area contributed by atoms with Gasteiger partial charge in [0.1, 0.15) is 11.3 Å². The molecule has 0 bridgehead atoms. The zero-order chi connectivity index (χ0) is 16.4. The van der Waals surface area contributed by atoms with Gasteiger partial charge in [-0.2, -0.15) is 5.10 Å². The van der Waals surface area contributed by atoms with Gasteiger partial charge in [0, 0.05) is 31.4 Å². The topological polar surface area (TPSA) is 67.9 Å². The van der Waals surface area contributed by atoms with Crippen LogP contribution in [0.25, 0.3) is 22.4 Å². The summed E-state index contributed by atoms with van der Waals surface area (Å²) in [7, 11) is 1.92. The lowest BCUT2D eigenvalue weighted by Crippen LogP contribution is -2.19. The molecule has 0 aliphatic carbocycles. The fourth-order valence-corrected chi connectivity index (χ4v) is 2.52. The smallest absolute Gasteiger partial charge is 0.246 e. The fraction of sp³-hybridized carbons (Fsp3) is 0.111. The SMILES string of the molecule is CN(Cc1cccnc1)c1nncc(-c2cc3ccccc3o2)n1. The first kappa shape index (κ1) is 14.3. The maximum absolute atomic E-state index is 5.85. The van der Waals surface area contributed by atoms with Gasteiger partial charge in [-0.05, 0) is 23.8 Å². The molecule has 4 aromatic rings. The number of fused-ring (bicyclic) bond motifs is 1. The van der Waals surface area contributed by atoms with Crippen molar-refractivity contribution in [1.29, 1.82) is 0 Å². The molecule has 0 aliphatic heterocycles. The molecule has 6 nitrogen and oxygen atoms in total. The van der Waals surface area contributed by atoms with Crippen molar-refractivity contribution in [2.45, 2.75) is 6.54 Å². The molecule has 0 spiro atoms. The molecule has 6 heteroatoms. The predicted octanol–water partition coefficient (Wildman–Crippen LogP) is 3.32. The summed E-state index contributed by atoms with van der Waals surface area (Å²) in [6, 6.07) is 13.8. The van der Waals surface area contributed by atoms with Gasteiger partial charge < -0.3 is 9.32 Å². The average molecular weight is 317 g/mol. The van der Waals surface area contributed by atoms with Crippen molar-refractivity contribution in [3.63, 3.8) is 0 Å². The van der Waals surface area contributed by atoms with Gasteiger partial charge >= 0.3 is 0 Å². The molecule has 4 rings (SSSR count). The lowest BCUT2D eigenvalue weighted by molar-refractivity contribution is 0.627. The van der Waals surface area contributed by atoms with E-state index in [1.54, 1.807) is 12.4 Å². The quantitative estimate of drug-likeness (QED) is 0.575. The number of aromatic nitrogens is 4. The minimum absolute atomic E-state index is 0.539. The molecule has 0 saturated heterocycles. The van der Waals surface area contributed by atoms with Gasteiger partial charge in [0.25, 0.3) is 0 Å². The van der Waals surface area contributed by atoms with Crippen molar-refractivity contribution in [3.8, 4) is 11.5 Å². The molecular formula is C18H15N5O. The number of hydrogen-bond donors (Lipinski definition) is 0. The number of hydrogen-bond acceptors (Lipinski definition) is 6. The second-order valence-electron chi connectivity index (χ2n) is 5.51. The van der Waals surface area contributed by atoms with E-state index in [-0.39, 0.29) is 0 Å². The highest BCUT2D eigenvalue weighted by Gasteiger charge is 2.12. The number of furan rings is 1. The fourth-order valence-electron chi connectivity index (χ4n) is 2.52. The largest absolute Gasteiger partial charge is 0.454 e. The van der Waals surface area contributed by atoms with Crippen LogP contribution in [-0.4, -0.2) is 27.2 Å². The van der Waals surface area contributed by atoms with Crippen LogP contribution in [-0.2, 0) is 6.54 Å². The summed E-state index contributed by atoms with van der Waals surface area (Å²) >= 11 is 0. The van der Waals surface area contributed by atoms with Crippen molar-refractivity contribution in [1.82, 2.24) is 20.2 Å². The Hall–Kier alpha value is -3.28. The third kappa shape index (κ3) is 2.81. The minimum atomic E-state index is 0.539. The van der Waals surface area contributed by atoms with E-state index in [0.29, 0.717) is 23.9 Å². The van der Waals surface area contributed by atoms with Crippen LogP contribution in [0.2, 0.25) is 0 Å². The molecule has 118 valence electrons. The lowest BCUT2D eigenvalue weighted by Gasteiger charge is -2.16. The Morgan fingerprint density at radius 3 is 2.83 bits per heavy atom. The van der Waals surface area contributed by atoms with E-state index in [4.69, 9.17) is 4.42 Å². The summed E-state index contributed by atoms with van der Waals surface area (Å²) in [5.41, 5.74) is 2.57. The summed E-state index contributed by atoms with van der Waals surface area (Å²) in [4.78, 5) is 10.6. The van der Waals surface area contributed by atoms with Gasteiger partial charge in [-0.15, -0.1) is 5.10 Å². The maximum Gasteiger partial charge on any atom is 0.246 e. The first-order chi connectivity index (χ1) is 11.8. The monoisotopic (exact) mass is 317 g/mol. The highest BCUT2D eigenvalue weighted by atomic mass is 16.3. The van der Waals surface area contributed by atoms with Crippen molar-refractivity contribution in [2.24, 2.45) is 0 Å². The number of rotatable bonds is 4. The highest BCUT2D eigenvalue weighted by molar-refractivity contribution is 5.82. The molecule has 3 heterocycles. The first-order valence-electron chi connectivity index (χ1n) is 7.58. The molecule has 0 saturated carbocycles. The summed E-state index contributed by atoms with van der Waals surface area (Å²) in [5.74, 6) is 1.22. The van der Waals surface area contributed by atoms with E-state index in [1.807, 2.05) is 60.6 Å². The van der Waals surface area contributed by atoms with Crippen molar-refractivity contribution >= 4 is 16.9 Å². The molecular weight excluding hydrogens is 302 g/mol. The zero-order valence-corrected chi connectivity index (χ0v) is 13.1. The van der Waals surface area contributed by atoms with E-state index in [1.165, 1.54) is 0 Å². The number of nitrogens with zero attached hydrogens (tertiary/aromatic N) is 5. The molecule has 0 amide bonds. The van der Waals surface area contributed by atoms with Crippen molar-refractivity contribution < 1.29 is 4.42 Å². The zero-order valence-electron chi connectivity index (χ0n) is 13.1. The Kier molecular flexibility index (Phi) is 3.63. The Bertz CT molecular complexity index is 934. The van der Waals surface area contributed by atoms with E-state index in [2.05, 4.69) is 20.2 Å². The number of pyridine rings is 1.